The second kappa shape index (κ2) is 6.08. The van der Waals surface area contributed by atoms with Crippen LogP contribution in [0.4, 0.5) is 0 Å². The molecule has 0 heterocycles. The first kappa shape index (κ1) is 13.9. The zero-order valence-corrected chi connectivity index (χ0v) is 12.3. The Hall–Kier alpha value is -0.530. The molecule has 1 nitrogen and oxygen atoms in total. The fraction of sp³-hybridized carbons (Fsp3) is 0.625. The molecule has 0 saturated heterocycles. The van der Waals surface area contributed by atoms with Crippen molar-refractivity contribution in [1.29, 1.82) is 0 Å². The predicted molar refractivity (Wildman–Crippen MR) is 79.2 cm³/mol. The van der Waals surface area contributed by atoms with Gasteiger partial charge in [-0.05, 0) is 42.4 Å². The molecule has 0 unspecified atom stereocenters. The lowest BCUT2D eigenvalue weighted by Gasteiger charge is -2.30. The van der Waals surface area contributed by atoms with Gasteiger partial charge in [0, 0.05) is 17.6 Å². The topological polar surface area (TPSA) is 12.0 Å². The van der Waals surface area contributed by atoms with Crippen molar-refractivity contribution in [2.75, 3.05) is 6.54 Å². The summed E-state index contributed by atoms with van der Waals surface area (Å²) >= 11 is 5.95. The zero-order valence-electron chi connectivity index (χ0n) is 11.5. The largest absolute Gasteiger partial charge is 0.314 e. The van der Waals surface area contributed by atoms with Crippen LogP contribution in [0.5, 0.6) is 0 Å². The summed E-state index contributed by atoms with van der Waals surface area (Å²) in [6.07, 6.45) is 6.66. The van der Waals surface area contributed by atoms with E-state index < -0.39 is 0 Å². The maximum atomic E-state index is 5.95. The van der Waals surface area contributed by atoms with E-state index in [9.17, 15) is 0 Å². The first-order valence-corrected chi connectivity index (χ1v) is 7.45. The number of hydrogen-bond donors (Lipinski definition) is 1. The lowest BCUT2D eigenvalue weighted by Crippen LogP contribution is -2.37. The molecule has 0 aliphatic heterocycles. The van der Waals surface area contributed by atoms with Crippen LogP contribution < -0.4 is 5.32 Å². The van der Waals surface area contributed by atoms with Crippen molar-refractivity contribution in [3.8, 4) is 0 Å². The Balaban J connectivity index is 2.03. The fourth-order valence-electron chi connectivity index (χ4n) is 3.00. The van der Waals surface area contributed by atoms with Gasteiger partial charge in [-0.2, -0.15) is 0 Å². The van der Waals surface area contributed by atoms with E-state index >= 15 is 0 Å². The van der Waals surface area contributed by atoms with Gasteiger partial charge in [0.05, 0.1) is 0 Å². The van der Waals surface area contributed by atoms with Crippen LogP contribution in [0.1, 0.15) is 45.1 Å². The molecule has 1 aromatic carbocycles. The van der Waals surface area contributed by atoms with Crippen LogP contribution in [0.2, 0.25) is 5.02 Å². The van der Waals surface area contributed by atoms with Gasteiger partial charge in [0.1, 0.15) is 0 Å². The third-order valence-corrected chi connectivity index (χ3v) is 4.29. The Bertz CT molecular complexity index is 363. The monoisotopic (exact) mass is 265 g/mol. The van der Waals surface area contributed by atoms with E-state index in [0.717, 1.165) is 11.6 Å². The first-order valence-electron chi connectivity index (χ1n) is 7.08. The molecule has 0 bridgehead atoms. The lowest BCUT2D eigenvalue weighted by atomic mass is 9.80. The van der Waals surface area contributed by atoms with Gasteiger partial charge in [0.15, 0.2) is 0 Å². The Morgan fingerprint density at radius 2 is 1.78 bits per heavy atom. The summed E-state index contributed by atoms with van der Waals surface area (Å²) < 4.78 is 0. The molecule has 1 saturated carbocycles. The molecule has 0 aromatic heterocycles. The summed E-state index contributed by atoms with van der Waals surface area (Å²) in [7, 11) is 0. The highest BCUT2D eigenvalue weighted by molar-refractivity contribution is 6.30. The maximum absolute atomic E-state index is 5.95. The quantitative estimate of drug-likeness (QED) is 0.830. The Labute approximate surface area is 116 Å². The minimum absolute atomic E-state index is 0.470. The Morgan fingerprint density at radius 1 is 1.17 bits per heavy atom. The average Bonchev–Trinajstić information content (AvgIpc) is 2.79. The van der Waals surface area contributed by atoms with Gasteiger partial charge in [-0.1, -0.05) is 50.4 Å². The second-order valence-corrected chi connectivity index (χ2v) is 6.48. The molecule has 100 valence electrons. The van der Waals surface area contributed by atoms with E-state index in [1.807, 2.05) is 12.1 Å². The van der Waals surface area contributed by atoms with Crippen LogP contribution in [-0.4, -0.2) is 12.6 Å². The van der Waals surface area contributed by atoms with Crippen LogP contribution >= 0.6 is 11.6 Å². The average molecular weight is 266 g/mol. The molecule has 0 radical (unpaired) electrons. The number of rotatable bonds is 5. The van der Waals surface area contributed by atoms with Crippen molar-refractivity contribution >= 4 is 11.6 Å². The van der Waals surface area contributed by atoms with E-state index in [2.05, 4.69) is 31.3 Å². The molecule has 1 N–H and O–H groups in total. The van der Waals surface area contributed by atoms with Crippen molar-refractivity contribution in [3.05, 3.63) is 34.9 Å². The van der Waals surface area contributed by atoms with Crippen molar-refractivity contribution < 1.29 is 0 Å². The molecular formula is C16H24ClN. The van der Waals surface area contributed by atoms with E-state index in [0.29, 0.717) is 11.5 Å². The van der Waals surface area contributed by atoms with Gasteiger partial charge < -0.3 is 5.32 Å². The molecule has 2 heteroatoms. The van der Waals surface area contributed by atoms with Crippen LogP contribution in [0.3, 0.4) is 0 Å². The predicted octanol–water partition coefficient (Wildman–Crippen LogP) is 4.44. The van der Waals surface area contributed by atoms with E-state index in [4.69, 9.17) is 11.6 Å². The number of hydrogen-bond acceptors (Lipinski definition) is 1. The summed E-state index contributed by atoms with van der Waals surface area (Å²) in [5.74, 6) is 0. The fourth-order valence-corrected chi connectivity index (χ4v) is 3.12. The molecular weight excluding hydrogens is 242 g/mol. The first-order chi connectivity index (χ1) is 8.60. The molecule has 1 aliphatic rings. The molecule has 0 amide bonds. The van der Waals surface area contributed by atoms with Gasteiger partial charge in [0.25, 0.3) is 0 Å². The normalized spacial score (nSPS) is 18.4. The molecule has 18 heavy (non-hydrogen) atoms. The SMILES string of the molecule is CC(C)NCC1(Cc2ccc(Cl)cc2)CCCC1. The number of benzene rings is 1. The van der Waals surface area contributed by atoms with Crippen molar-refractivity contribution in [3.63, 3.8) is 0 Å². The highest BCUT2D eigenvalue weighted by Gasteiger charge is 2.33. The summed E-state index contributed by atoms with van der Waals surface area (Å²) in [6.45, 7) is 5.60. The molecule has 1 fully saturated rings. The maximum Gasteiger partial charge on any atom is 0.0406 e. The van der Waals surface area contributed by atoms with Crippen LogP contribution in [0.25, 0.3) is 0 Å². The summed E-state index contributed by atoms with van der Waals surface area (Å²) in [6, 6.07) is 8.95. The zero-order chi connectivity index (χ0) is 13.0. The van der Waals surface area contributed by atoms with Crippen molar-refractivity contribution in [2.24, 2.45) is 5.41 Å². The lowest BCUT2D eigenvalue weighted by molar-refractivity contribution is 0.269. The summed E-state index contributed by atoms with van der Waals surface area (Å²) in [5, 5.41) is 4.47. The molecule has 0 atom stereocenters. The third-order valence-electron chi connectivity index (χ3n) is 4.04. The molecule has 1 aliphatic carbocycles. The summed E-state index contributed by atoms with van der Waals surface area (Å²) in [5.41, 5.74) is 1.89. The van der Waals surface area contributed by atoms with E-state index in [1.54, 1.807) is 0 Å². The number of halogens is 1. The van der Waals surface area contributed by atoms with Crippen LogP contribution in [0.15, 0.2) is 24.3 Å². The van der Waals surface area contributed by atoms with Gasteiger partial charge in [-0.25, -0.2) is 0 Å². The summed E-state index contributed by atoms with van der Waals surface area (Å²) in [4.78, 5) is 0. The molecule has 2 rings (SSSR count). The highest BCUT2D eigenvalue weighted by atomic mass is 35.5. The third kappa shape index (κ3) is 3.73. The Morgan fingerprint density at radius 3 is 2.33 bits per heavy atom. The second-order valence-electron chi connectivity index (χ2n) is 6.05. The highest BCUT2D eigenvalue weighted by Crippen LogP contribution is 2.40. The standard InChI is InChI=1S/C16H24ClN/c1-13(2)18-12-16(9-3-4-10-16)11-14-5-7-15(17)8-6-14/h5-8,13,18H,3-4,9-12H2,1-2H3. The minimum atomic E-state index is 0.470. The van der Waals surface area contributed by atoms with Crippen LogP contribution in [0, 0.1) is 5.41 Å². The number of nitrogens with one attached hydrogen (secondary N) is 1. The molecule has 0 spiro atoms. The van der Waals surface area contributed by atoms with E-state index in [-0.39, 0.29) is 0 Å². The van der Waals surface area contributed by atoms with Gasteiger partial charge in [-0.3, -0.25) is 0 Å². The van der Waals surface area contributed by atoms with Crippen molar-refractivity contribution in [1.82, 2.24) is 5.32 Å². The van der Waals surface area contributed by atoms with E-state index in [1.165, 1.54) is 37.7 Å². The Kier molecular flexibility index (Phi) is 4.69. The smallest absolute Gasteiger partial charge is 0.0406 e. The van der Waals surface area contributed by atoms with Crippen molar-refractivity contribution in [2.45, 2.75) is 52.0 Å². The molecule has 1 aromatic rings. The van der Waals surface area contributed by atoms with Gasteiger partial charge >= 0.3 is 0 Å². The van der Waals surface area contributed by atoms with Gasteiger partial charge in [0.2, 0.25) is 0 Å². The minimum Gasteiger partial charge on any atom is -0.314 e. The van der Waals surface area contributed by atoms with Gasteiger partial charge in [-0.15, -0.1) is 0 Å². The van der Waals surface area contributed by atoms with Crippen LogP contribution in [-0.2, 0) is 6.42 Å².